The lowest BCUT2D eigenvalue weighted by Gasteiger charge is -2.21. The van der Waals surface area contributed by atoms with Crippen molar-refractivity contribution in [1.29, 1.82) is 0 Å². The van der Waals surface area contributed by atoms with E-state index in [1.54, 1.807) is 13.0 Å². The summed E-state index contributed by atoms with van der Waals surface area (Å²) in [5.74, 6) is -1.69. The minimum atomic E-state index is -0.832. The van der Waals surface area contributed by atoms with E-state index in [9.17, 15) is 19.2 Å². The van der Waals surface area contributed by atoms with Crippen LogP contribution < -0.4 is 20.1 Å². The van der Waals surface area contributed by atoms with Crippen LogP contribution in [0.4, 0.5) is 0 Å². The molecule has 0 aliphatic carbocycles. The minimum absolute atomic E-state index is 0.0860. The molecule has 1 aromatic carbocycles. The maximum Gasteiger partial charge on any atom is 0.328 e. The molecule has 2 amide bonds. The van der Waals surface area contributed by atoms with Gasteiger partial charge in [0.1, 0.15) is 12.6 Å². The fraction of sp³-hybridized carbons (Fsp3) is 0.474. The molecule has 0 fully saturated rings. The first-order valence-electron chi connectivity index (χ1n) is 9.06. The normalized spacial score (nSPS) is 13.8. The second kappa shape index (κ2) is 10.3. The Morgan fingerprint density at radius 2 is 1.90 bits per heavy atom. The molecule has 0 saturated carbocycles. The number of amides is 2. The van der Waals surface area contributed by atoms with E-state index >= 15 is 0 Å². The first kappa shape index (κ1) is 22.0. The molecule has 0 unspecified atom stereocenters. The Kier molecular flexibility index (Phi) is 7.81. The van der Waals surface area contributed by atoms with Crippen LogP contribution in [-0.4, -0.2) is 56.8 Å². The van der Waals surface area contributed by atoms with E-state index in [1.807, 2.05) is 6.92 Å². The largest absolute Gasteiger partial charge is 0.467 e. The van der Waals surface area contributed by atoms with Crippen molar-refractivity contribution >= 4 is 23.8 Å². The number of carbonyl (C=O) groups is 4. The van der Waals surface area contributed by atoms with Crippen LogP contribution in [-0.2, 0) is 23.9 Å². The molecule has 1 aromatic rings. The molecular formula is C19H24N2O8. The van der Waals surface area contributed by atoms with Crippen molar-refractivity contribution in [3.05, 3.63) is 23.8 Å². The van der Waals surface area contributed by atoms with Crippen LogP contribution in [0, 0.1) is 5.92 Å². The number of esters is 2. The first-order valence-corrected chi connectivity index (χ1v) is 9.06. The van der Waals surface area contributed by atoms with E-state index in [2.05, 4.69) is 15.4 Å². The average Bonchev–Trinajstić information content (AvgIpc) is 3.21. The Hall–Kier alpha value is -3.30. The maximum atomic E-state index is 12.1. The molecule has 0 radical (unpaired) electrons. The summed E-state index contributed by atoms with van der Waals surface area (Å²) in [5, 5.41) is 4.88. The van der Waals surface area contributed by atoms with Crippen LogP contribution in [0.3, 0.4) is 0 Å². The van der Waals surface area contributed by atoms with Crippen molar-refractivity contribution in [2.75, 3.05) is 27.1 Å². The third-order valence-corrected chi connectivity index (χ3v) is 4.38. The highest BCUT2D eigenvalue weighted by atomic mass is 16.7. The van der Waals surface area contributed by atoms with Gasteiger partial charge in [0.15, 0.2) is 18.1 Å². The van der Waals surface area contributed by atoms with Crippen molar-refractivity contribution in [1.82, 2.24) is 10.6 Å². The average molecular weight is 408 g/mol. The molecule has 10 heteroatoms. The highest BCUT2D eigenvalue weighted by Gasteiger charge is 2.27. The predicted molar refractivity (Wildman–Crippen MR) is 99.3 cm³/mol. The number of hydrogen-bond acceptors (Lipinski definition) is 8. The molecular weight excluding hydrogens is 384 g/mol. The summed E-state index contributed by atoms with van der Waals surface area (Å²) in [4.78, 5) is 47.6. The van der Waals surface area contributed by atoms with Crippen molar-refractivity contribution in [2.45, 2.75) is 26.3 Å². The van der Waals surface area contributed by atoms with Crippen LogP contribution in [0.15, 0.2) is 18.2 Å². The molecule has 10 nitrogen and oxygen atoms in total. The third-order valence-electron chi connectivity index (χ3n) is 4.38. The van der Waals surface area contributed by atoms with Gasteiger partial charge in [0.25, 0.3) is 11.8 Å². The van der Waals surface area contributed by atoms with Gasteiger partial charge >= 0.3 is 11.9 Å². The summed E-state index contributed by atoms with van der Waals surface area (Å²) in [6.07, 6.45) is 0.645. The van der Waals surface area contributed by atoms with E-state index in [-0.39, 0.29) is 18.3 Å². The smallest absolute Gasteiger partial charge is 0.328 e. The molecule has 29 heavy (non-hydrogen) atoms. The molecule has 2 rings (SSSR count). The topological polar surface area (TPSA) is 129 Å². The zero-order chi connectivity index (χ0) is 21.4. The predicted octanol–water partition coefficient (Wildman–Crippen LogP) is 0.392. The summed E-state index contributed by atoms with van der Waals surface area (Å²) in [5.41, 5.74) is 0.286. The molecule has 2 atom stereocenters. The van der Waals surface area contributed by atoms with Crippen LogP contribution in [0.2, 0.25) is 0 Å². The number of ether oxygens (including phenoxy) is 4. The van der Waals surface area contributed by atoms with Gasteiger partial charge < -0.3 is 29.6 Å². The Labute approximate surface area is 167 Å². The van der Waals surface area contributed by atoms with Crippen molar-refractivity contribution in [3.8, 4) is 11.5 Å². The first-order chi connectivity index (χ1) is 13.8. The second-order valence-corrected chi connectivity index (χ2v) is 6.37. The molecule has 0 saturated heterocycles. The molecule has 1 aliphatic rings. The second-order valence-electron chi connectivity index (χ2n) is 6.37. The summed E-state index contributed by atoms with van der Waals surface area (Å²) in [7, 11) is 1.23. The van der Waals surface area contributed by atoms with Gasteiger partial charge in [0, 0.05) is 5.56 Å². The van der Waals surface area contributed by atoms with E-state index in [1.165, 1.54) is 19.2 Å². The molecule has 158 valence electrons. The van der Waals surface area contributed by atoms with Crippen molar-refractivity contribution in [2.24, 2.45) is 5.92 Å². The highest BCUT2D eigenvalue weighted by Crippen LogP contribution is 2.32. The lowest BCUT2D eigenvalue weighted by molar-refractivity contribution is -0.150. The number of hydrogen-bond donors (Lipinski definition) is 2. The lowest BCUT2D eigenvalue weighted by Crippen LogP contribution is -2.47. The molecule has 0 aromatic heterocycles. The molecule has 1 heterocycles. The van der Waals surface area contributed by atoms with Gasteiger partial charge in [-0.25, -0.2) is 4.79 Å². The Bertz CT molecular complexity index is 779. The van der Waals surface area contributed by atoms with Gasteiger partial charge in [-0.05, 0) is 24.1 Å². The van der Waals surface area contributed by atoms with Crippen LogP contribution >= 0.6 is 0 Å². The van der Waals surface area contributed by atoms with E-state index in [4.69, 9.17) is 14.2 Å². The van der Waals surface area contributed by atoms with E-state index < -0.39 is 42.9 Å². The highest BCUT2D eigenvalue weighted by molar-refractivity contribution is 5.96. The van der Waals surface area contributed by atoms with Crippen molar-refractivity contribution in [3.63, 3.8) is 0 Å². The van der Waals surface area contributed by atoms with Gasteiger partial charge in [-0.2, -0.15) is 0 Å². The Balaban J connectivity index is 1.76. The standard InChI is InChI=1S/C19H24N2O8/c1-4-11(2)17(19(25)26-3)21-15(22)9-27-16(23)8-20-18(24)12-5-6-13-14(7-12)29-10-28-13/h5-7,11,17H,4,8-10H2,1-3H3,(H,20,24)(H,21,22)/t11-,17-/m1/s1. The summed E-state index contributed by atoms with van der Waals surface area (Å²) in [6, 6.07) is 3.79. The van der Waals surface area contributed by atoms with Crippen molar-refractivity contribution < 1.29 is 38.1 Å². The monoisotopic (exact) mass is 408 g/mol. The van der Waals surface area contributed by atoms with Crippen LogP contribution in [0.1, 0.15) is 30.6 Å². The number of carbonyl (C=O) groups excluding carboxylic acids is 4. The maximum absolute atomic E-state index is 12.1. The molecule has 1 aliphatic heterocycles. The number of fused-ring (bicyclic) bond motifs is 1. The van der Waals surface area contributed by atoms with Gasteiger partial charge in [0.05, 0.1) is 7.11 Å². The fourth-order valence-corrected chi connectivity index (χ4v) is 2.50. The fourth-order valence-electron chi connectivity index (χ4n) is 2.50. The van der Waals surface area contributed by atoms with Gasteiger partial charge in [-0.1, -0.05) is 20.3 Å². The number of benzene rings is 1. The number of methoxy groups -OCH3 is 1. The lowest BCUT2D eigenvalue weighted by atomic mass is 9.99. The summed E-state index contributed by atoms with van der Waals surface area (Å²) >= 11 is 0. The van der Waals surface area contributed by atoms with Gasteiger partial charge in [-0.3, -0.25) is 14.4 Å². The Morgan fingerprint density at radius 1 is 1.17 bits per heavy atom. The zero-order valence-electron chi connectivity index (χ0n) is 16.5. The van der Waals surface area contributed by atoms with Gasteiger partial charge in [0.2, 0.25) is 6.79 Å². The molecule has 0 bridgehead atoms. The summed E-state index contributed by atoms with van der Waals surface area (Å²) < 4.78 is 19.9. The van der Waals surface area contributed by atoms with Crippen LogP contribution in [0.5, 0.6) is 11.5 Å². The zero-order valence-corrected chi connectivity index (χ0v) is 16.5. The number of nitrogens with one attached hydrogen (secondary N) is 2. The quantitative estimate of drug-likeness (QED) is 0.562. The van der Waals surface area contributed by atoms with E-state index in [0.29, 0.717) is 17.9 Å². The number of rotatable bonds is 9. The minimum Gasteiger partial charge on any atom is -0.467 e. The molecule has 0 spiro atoms. The summed E-state index contributed by atoms with van der Waals surface area (Å²) in [6.45, 7) is 2.74. The van der Waals surface area contributed by atoms with Crippen LogP contribution in [0.25, 0.3) is 0 Å². The molecule has 2 N–H and O–H groups in total. The SMILES string of the molecule is CC[C@@H](C)[C@@H](NC(=O)COC(=O)CNC(=O)c1ccc2c(c1)OCO2)C(=O)OC. The Morgan fingerprint density at radius 3 is 2.59 bits per heavy atom. The van der Waals surface area contributed by atoms with E-state index in [0.717, 1.165) is 0 Å². The third kappa shape index (κ3) is 6.09. The van der Waals surface area contributed by atoms with Gasteiger partial charge in [-0.15, -0.1) is 0 Å².